The number of allylic oxidation sites excluding steroid dienone is 1. The summed E-state index contributed by atoms with van der Waals surface area (Å²) in [5.41, 5.74) is 0.817. The monoisotopic (exact) mass is 318 g/mol. The third-order valence-corrected chi connectivity index (χ3v) is 7.19. The number of rotatable bonds is 1. The number of carbonyl (C=O) groups is 1. The number of Topliss-reactive ketones (excluding diaryl/α,β-unsaturated/α-hetero) is 1. The third kappa shape index (κ3) is 2.12. The molecule has 0 radical (unpaired) electrons. The molecular formula is C20H30O3. The maximum absolute atomic E-state index is 13.0. The van der Waals surface area contributed by atoms with E-state index < -0.39 is 23.0 Å². The summed E-state index contributed by atoms with van der Waals surface area (Å²) in [6.45, 7) is 12.2. The topological polar surface area (TPSA) is 57.5 Å². The van der Waals surface area contributed by atoms with Crippen molar-refractivity contribution < 1.29 is 15.0 Å². The van der Waals surface area contributed by atoms with Crippen molar-refractivity contribution in [2.45, 2.75) is 72.0 Å². The first-order valence-corrected chi connectivity index (χ1v) is 8.85. The van der Waals surface area contributed by atoms with Gasteiger partial charge in [0.15, 0.2) is 5.78 Å². The second kappa shape index (κ2) is 5.03. The number of hydrogen-bond donors (Lipinski definition) is 2. The maximum atomic E-state index is 13.0. The van der Waals surface area contributed by atoms with Crippen molar-refractivity contribution >= 4 is 5.78 Å². The molecule has 0 unspecified atom stereocenters. The minimum atomic E-state index is -0.570. The van der Waals surface area contributed by atoms with Gasteiger partial charge in [-0.2, -0.15) is 0 Å². The highest BCUT2D eigenvalue weighted by molar-refractivity contribution is 6.03. The van der Waals surface area contributed by atoms with Gasteiger partial charge in [-0.25, -0.2) is 0 Å². The van der Waals surface area contributed by atoms with Crippen molar-refractivity contribution in [2.75, 3.05) is 0 Å². The van der Waals surface area contributed by atoms with E-state index >= 15 is 0 Å². The van der Waals surface area contributed by atoms with Gasteiger partial charge in [0.25, 0.3) is 0 Å². The SMILES string of the molecule is C=C[C@@]1(C)CCC2=C(C[C@@H](O)[C@H]3C(C)(C)CC[C@H](O)[C@]23C)C1=O. The van der Waals surface area contributed by atoms with E-state index in [9.17, 15) is 15.0 Å². The molecule has 128 valence electrons. The molecule has 3 aliphatic rings. The smallest absolute Gasteiger partial charge is 0.168 e. The molecule has 23 heavy (non-hydrogen) atoms. The van der Waals surface area contributed by atoms with E-state index in [0.717, 1.165) is 36.8 Å². The minimum Gasteiger partial charge on any atom is -0.392 e. The first kappa shape index (κ1) is 16.9. The van der Waals surface area contributed by atoms with Crippen LogP contribution in [0.2, 0.25) is 0 Å². The Kier molecular flexibility index (Phi) is 3.70. The quantitative estimate of drug-likeness (QED) is 0.729. The molecule has 5 atom stereocenters. The van der Waals surface area contributed by atoms with Gasteiger partial charge in [0.2, 0.25) is 0 Å². The molecule has 3 heteroatoms. The summed E-state index contributed by atoms with van der Waals surface area (Å²) >= 11 is 0. The minimum absolute atomic E-state index is 0.00149. The Morgan fingerprint density at radius 1 is 1.17 bits per heavy atom. The van der Waals surface area contributed by atoms with Crippen molar-refractivity contribution in [3.8, 4) is 0 Å². The molecule has 3 aliphatic carbocycles. The first-order valence-electron chi connectivity index (χ1n) is 8.85. The zero-order valence-corrected chi connectivity index (χ0v) is 14.9. The Balaban J connectivity index is 2.17. The summed E-state index contributed by atoms with van der Waals surface area (Å²) < 4.78 is 0. The van der Waals surface area contributed by atoms with Gasteiger partial charge in [-0.15, -0.1) is 6.58 Å². The van der Waals surface area contributed by atoms with Crippen LogP contribution in [0.1, 0.15) is 59.8 Å². The van der Waals surface area contributed by atoms with Gasteiger partial charge in [0.1, 0.15) is 0 Å². The van der Waals surface area contributed by atoms with Crippen molar-refractivity contribution in [3.05, 3.63) is 23.8 Å². The summed E-state index contributed by atoms with van der Waals surface area (Å²) in [5, 5.41) is 21.7. The molecule has 1 fully saturated rings. The largest absolute Gasteiger partial charge is 0.392 e. The number of aliphatic hydroxyl groups is 2. The lowest BCUT2D eigenvalue weighted by Crippen LogP contribution is -2.59. The van der Waals surface area contributed by atoms with E-state index in [0.29, 0.717) is 6.42 Å². The second-order valence-corrected chi connectivity index (χ2v) is 8.98. The van der Waals surface area contributed by atoms with Gasteiger partial charge in [-0.1, -0.05) is 32.4 Å². The van der Waals surface area contributed by atoms with Crippen molar-refractivity contribution in [1.82, 2.24) is 0 Å². The summed E-state index contributed by atoms with van der Waals surface area (Å²) in [4.78, 5) is 13.0. The van der Waals surface area contributed by atoms with Crippen molar-refractivity contribution in [2.24, 2.45) is 22.2 Å². The molecule has 0 aromatic carbocycles. The lowest BCUT2D eigenvalue weighted by molar-refractivity contribution is -0.142. The lowest BCUT2D eigenvalue weighted by atomic mass is 9.46. The number of aliphatic hydroxyl groups excluding tert-OH is 2. The predicted octanol–water partition coefficient (Wildman–Crippen LogP) is 3.41. The van der Waals surface area contributed by atoms with Gasteiger partial charge in [-0.3, -0.25) is 4.79 Å². The van der Waals surface area contributed by atoms with E-state index in [4.69, 9.17) is 0 Å². The Hall–Kier alpha value is -0.930. The highest BCUT2D eigenvalue weighted by atomic mass is 16.3. The number of carbonyl (C=O) groups excluding carboxylic acids is 1. The van der Waals surface area contributed by atoms with Crippen LogP contribution in [0.25, 0.3) is 0 Å². The molecule has 3 rings (SSSR count). The molecular weight excluding hydrogens is 288 g/mol. The normalized spacial score (nSPS) is 46.2. The predicted molar refractivity (Wildman–Crippen MR) is 90.8 cm³/mol. The molecule has 1 saturated carbocycles. The van der Waals surface area contributed by atoms with Crippen molar-refractivity contribution in [1.29, 1.82) is 0 Å². The Labute approximate surface area is 139 Å². The molecule has 0 bridgehead atoms. The van der Waals surface area contributed by atoms with Crippen molar-refractivity contribution in [3.63, 3.8) is 0 Å². The number of hydrogen-bond acceptors (Lipinski definition) is 3. The molecule has 0 aromatic heterocycles. The van der Waals surface area contributed by atoms with Crippen LogP contribution in [0.15, 0.2) is 23.8 Å². The maximum Gasteiger partial charge on any atom is 0.168 e. The Morgan fingerprint density at radius 2 is 1.83 bits per heavy atom. The van der Waals surface area contributed by atoms with Crippen LogP contribution < -0.4 is 0 Å². The van der Waals surface area contributed by atoms with Gasteiger partial charge in [-0.05, 0) is 43.6 Å². The second-order valence-electron chi connectivity index (χ2n) is 8.98. The average molecular weight is 318 g/mol. The first-order chi connectivity index (χ1) is 10.6. The van der Waals surface area contributed by atoms with Crippen LogP contribution in [0, 0.1) is 22.2 Å². The highest BCUT2D eigenvalue weighted by Gasteiger charge is 2.60. The van der Waals surface area contributed by atoms with Crippen LogP contribution in [0.3, 0.4) is 0 Å². The van der Waals surface area contributed by atoms with E-state index in [2.05, 4.69) is 27.4 Å². The third-order valence-electron chi connectivity index (χ3n) is 7.19. The lowest BCUT2D eigenvalue weighted by Gasteiger charge is -2.60. The summed E-state index contributed by atoms with van der Waals surface area (Å²) in [5.74, 6) is 0.0986. The van der Waals surface area contributed by atoms with Gasteiger partial charge >= 0.3 is 0 Å². The van der Waals surface area contributed by atoms with E-state index in [-0.39, 0.29) is 17.1 Å². The van der Waals surface area contributed by atoms with E-state index in [1.165, 1.54) is 0 Å². The fraction of sp³-hybridized carbons (Fsp3) is 0.750. The molecule has 0 amide bonds. The summed E-state index contributed by atoms with van der Waals surface area (Å²) in [7, 11) is 0. The van der Waals surface area contributed by atoms with Crippen LogP contribution in [-0.4, -0.2) is 28.2 Å². The zero-order valence-electron chi connectivity index (χ0n) is 14.9. The molecule has 0 heterocycles. The van der Waals surface area contributed by atoms with E-state index in [1.54, 1.807) is 6.08 Å². The molecule has 0 spiro atoms. The highest BCUT2D eigenvalue weighted by Crippen LogP contribution is 2.62. The standard InChI is InChI=1S/C20H30O3/c1-6-19(4)10-7-13-12(17(19)23)11-14(21)16-18(2,3)9-8-15(22)20(13,16)5/h6,14-16,21-22H,1,7-11H2,2-5H3/t14-,15+,16+,19+,20+/m1/s1. The molecule has 3 nitrogen and oxygen atoms in total. The van der Waals surface area contributed by atoms with Crippen LogP contribution in [-0.2, 0) is 4.79 Å². The van der Waals surface area contributed by atoms with Gasteiger partial charge < -0.3 is 10.2 Å². The van der Waals surface area contributed by atoms with Gasteiger partial charge in [0, 0.05) is 23.2 Å². The molecule has 2 N–H and O–H groups in total. The molecule has 0 saturated heterocycles. The summed E-state index contributed by atoms with van der Waals surface area (Å²) in [6, 6.07) is 0. The van der Waals surface area contributed by atoms with E-state index in [1.807, 2.05) is 6.92 Å². The number of ketones is 1. The van der Waals surface area contributed by atoms with Gasteiger partial charge in [0.05, 0.1) is 12.2 Å². The Bertz CT molecular complexity index is 588. The summed E-state index contributed by atoms with van der Waals surface area (Å²) in [6.07, 6.45) is 4.33. The Morgan fingerprint density at radius 3 is 2.43 bits per heavy atom. The van der Waals surface area contributed by atoms with Crippen LogP contribution in [0.5, 0.6) is 0 Å². The zero-order chi connectivity index (χ0) is 17.2. The fourth-order valence-corrected chi connectivity index (χ4v) is 5.76. The van der Waals surface area contributed by atoms with Crippen LogP contribution >= 0.6 is 0 Å². The fourth-order valence-electron chi connectivity index (χ4n) is 5.76. The van der Waals surface area contributed by atoms with Crippen LogP contribution in [0.4, 0.5) is 0 Å². The number of fused-ring (bicyclic) bond motifs is 2. The average Bonchev–Trinajstić information content (AvgIpc) is 2.47. The molecule has 0 aliphatic heterocycles. The molecule has 0 aromatic rings.